The molecular weight excluding hydrogens is 449 g/mol. The van der Waals surface area contributed by atoms with E-state index in [2.05, 4.69) is 42.7 Å². The van der Waals surface area contributed by atoms with Gasteiger partial charge in [0.2, 0.25) is 0 Å². The van der Waals surface area contributed by atoms with Crippen molar-refractivity contribution in [3.05, 3.63) is 0 Å². The third kappa shape index (κ3) is 7.42. The van der Waals surface area contributed by atoms with Crippen molar-refractivity contribution < 1.29 is 9.47 Å². The molecule has 25 heavy (non-hydrogen) atoms. The van der Waals surface area contributed by atoms with Gasteiger partial charge in [0.15, 0.2) is 5.96 Å². The number of guanidine groups is 1. The number of nitrogens with zero attached hydrogens (tertiary/aromatic N) is 2. The summed E-state index contributed by atoms with van der Waals surface area (Å²) in [4.78, 5) is 7.44. The Bertz CT molecular complexity index is 379. The molecule has 0 aromatic carbocycles. The van der Waals surface area contributed by atoms with E-state index in [1.165, 1.54) is 0 Å². The van der Waals surface area contributed by atoms with Gasteiger partial charge in [0.25, 0.3) is 0 Å². The van der Waals surface area contributed by atoms with Gasteiger partial charge < -0.3 is 19.7 Å². The Morgan fingerprint density at radius 2 is 1.92 bits per heavy atom. The molecule has 2 heterocycles. The molecule has 0 amide bonds. The normalized spacial score (nSPS) is 21.7. The molecule has 2 saturated heterocycles. The maximum Gasteiger partial charge on any atom is 0.193 e. The molecule has 0 unspecified atom stereocenters. The maximum atomic E-state index is 5.77. The number of piperidine rings is 1. The predicted molar refractivity (Wildman–Crippen MR) is 119 cm³/mol. The highest BCUT2D eigenvalue weighted by Gasteiger charge is 2.33. The molecule has 0 bridgehead atoms. The Kier molecular flexibility index (Phi) is 11.8. The van der Waals surface area contributed by atoms with Crippen molar-refractivity contribution in [1.82, 2.24) is 10.2 Å². The monoisotopic (exact) mass is 485 g/mol. The lowest BCUT2D eigenvalue weighted by Gasteiger charge is -2.37. The van der Waals surface area contributed by atoms with Gasteiger partial charge in [-0.05, 0) is 45.3 Å². The van der Waals surface area contributed by atoms with Crippen LogP contribution in [0.4, 0.5) is 0 Å². The van der Waals surface area contributed by atoms with E-state index >= 15 is 0 Å². The lowest BCUT2D eigenvalue weighted by atomic mass is 9.99. The van der Waals surface area contributed by atoms with Gasteiger partial charge in [0, 0.05) is 44.2 Å². The standard InChI is InChI=1S/C18H35N3O2S.HI/c1-4-19-17(21-11-7-16(8-12-21)23-5-2)20-15-18(24-6-3)9-13-22-14-10-18;/h16H,4-15H2,1-3H3,(H,19,20);1H. The summed E-state index contributed by atoms with van der Waals surface area (Å²) in [5.74, 6) is 2.22. The van der Waals surface area contributed by atoms with Crippen molar-refractivity contribution >= 4 is 41.7 Å². The summed E-state index contributed by atoms with van der Waals surface area (Å²) in [7, 11) is 0. The van der Waals surface area contributed by atoms with Gasteiger partial charge >= 0.3 is 0 Å². The van der Waals surface area contributed by atoms with E-state index in [4.69, 9.17) is 14.5 Å². The van der Waals surface area contributed by atoms with E-state index in [0.29, 0.717) is 6.10 Å². The first-order chi connectivity index (χ1) is 11.7. The molecular formula is C18H36IN3O2S. The van der Waals surface area contributed by atoms with Crippen molar-refractivity contribution in [2.75, 3.05) is 51.8 Å². The molecule has 5 nitrogen and oxygen atoms in total. The molecule has 1 N–H and O–H groups in total. The Morgan fingerprint density at radius 3 is 2.48 bits per heavy atom. The molecule has 2 rings (SSSR count). The fraction of sp³-hybridized carbons (Fsp3) is 0.944. The van der Waals surface area contributed by atoms with Crippen LogP contribution in [0.5, 0.6) is 0 Å². The zero-order valence-electron chi connectivity index (χ0n) is 16.1. The summed E-state index contributed by atoms with van der Waals surface area (Å²) in [6, 6.07) is 0. The first-order valence-electron chi connectivity index (χ1n) is 9.59. The van der Waals surface area contributed by atoms with Crippen LogP contribution in [0.2, 0.25) is 0 Å². The number of aliphatic imine (C=N–C) groups is 1. The molecule has 0 spiro atoms. The predicted octanol–water partition coefficient (Wildman–Crippen LogP) is 3.37. The molecule has 0 atom stereocenters. The molecule has 148 valence electrons. The van der Waals surface area contributed by atoms with Crippen molar-refractivity contribution in [2.24, 2.45) is 4.99 Å². The number of ether oxygens (including phenoxy) is 2. The smallest absolute Gasteiger partial charge is 0.193 e. The highest BCUT2D eigenvalue weighted by molar-refractivity contribution is 14.0. The minimum Gasteiger partial charge on any atom is -0.381 e. The molecule has 0 aliphatic carbocycles. The third-order valence-corrected chi connectivity index (χ3v) is 6.29. The van der Waals surface area contributed by atoms with Crippen LogP contribution in [0.3, 0.4) is 0 Å². The van der Waals surface area contributed by atoms with Gasteiger partial charge in [0.05, 0.1) is 12.6 Å². The third-order valence-electron chi connectivity index (χ3n) is 4.85. The SMILES string of the molecule is CCNC(=NCC1(SCC)CCOCC1)N1CCC(OCC)CC1.I. The lowest BCUT2D eigenvalue weighted by Crippen LogP contribution is -2.48. The van der Waals surface area contributed by atoms with Crippen LogP contribution in [0.15, 0.2) is 4.99 Å². The summed E-state index contributed by atoms with van der Waals surface area (Å²) in [6.45, 7) is 12.9. The second-order valence-electron chi connectivity index (χ2n) is 6.54. The van der Waals surface area contributed by atoms with Gasteiger partial charge in [-0.25, -0.2) is 0 Å². The van der Waals surface area contributed by atoms with Crippen LogP contribution in [-0.4, -0.2) is 73.5 Å². The molecule has 0 aromatic heterocycles. The Balaban J connectivity index is 0.00000312. The fourth-order valence-electron chi connectivity index (χ4n) is 3.51. The second-order valence-corrected chi connectivity index (χ2v) is 8.27. The van der Waals surface area contributed by atoms with Crippen LogP contribution >= 0.6 is 35.7 Å². The minimum absolute atomic E-state index is 0. The largest absolute Gasteiger partial charge is 0.381 e. The number of likely N-dealkylation sites (tertiary alicyclic amines) is 1. The summed E-state index contributed by atoms with van der Waals surface area (Å²) < 4.78 is 11.6. The van der Waals surface area contributed by atoms with E-state index in [1.807, 2.05) is 0 Å². The number of hydrogen-bond acceptors (Lipinski definition) is 4. The molecule has 2 aliphatic rings. The Hall–Kier alpha value is 0.270. The topological polar surface area (TPSA) is 46.1 Å². The summed E-state index contributed by atoms with van der Waals surface area (Å²) in [5.41, 5.74) is 0. The Morgan fingerprint density at radius 1 is 1.24 bits per heavy atom. The van der Waals surface area contributed by atoms with E-state index in [9.17, 15) is 0 Å². The van der Waals surface area contributed by atoms with Gasteiger partial charge in [0.1, 0.15) is 0 Å². The average Bonchev–Trinajstić information content (AvgIpc) is 2.61. The maximum absolute atomic E-state index is 5.77. The quantitative estimate of drug-likeness (QED) is 0.341. The van der Waals surface area contributed by atoms with Crippen molar-refractivity contribution in [2.45, 2.75) is 57.3 Å². The molecule has 0 radical (unpaired) electrons. The summed E-state index contributed by atoms with van der Waals surface area (Å²) >= 11 is 2.06. The van der Waals surface area contributed by atoms with E-state index < -0.39 is 0 Å². The van der Waals surface area contributed by atoms with Crippen LogP contribution < -0.4 is 5.32 Å². The van der Waals surface area contributed by atoms with Gasteiger partial charge in [-0.15, -0.1) is 24.0 Å². The molecule has 2 fully saturated rings. The summed E-state index contributed by atoms with van der Waals surface area (Å²) in [6.07, 6.45) is 4.84. The van der Waals surface area contributed by atoms with Crippen LogP contribution in [0.25, 0.3) is 0 Å². The fourth-order valence-corrected chi connectivity index (χ4v) is 4.74. The van der Waals surface area contributed by atoms with Crippen LogP contribution in [0.1, 0.15) is 46.5 Å². The number of hydrogen-bond donors (Lipinski definition) is 1. The lowest BCUT2D eigenvalue weighted by molar-refractivity contribution is 0.0263. The van der Waals surface area contributed by atoms with Crippen molar-refractivity contribution in [1.29, 1.82) is 0 Å². The first-order valence-corrected chi connectivity index (χ1v) is 10.6. The number of nitrogens with one attached hydrogen (secondary N) is 1. The highest BCUT2D eigenvalue weighted by Crippen LogP contribution is 2.35. The van der Waals surface area contributed by atoms with Crippen molar-refractivity contribution in [3.63, 3.8) is 0 Å². The van der Waals surface area contributed by atoms with E-state index in [0.717, 1.165) is 83.4 Å². The van der Waals surface area contributed by atoms with Gasteiger partial charge in [-0.2, -0.15) is 11.8 Å². The first kappa shape index (κ1) is 23.3. The second kappa shape index (κ2) is 12.6. The van der Waals surface area contributed by atoms with E-state index in [-0.39, 0.29) is 28.7 Å². The number of rotatable bonds is 7. The average molecular weight is 485 g/mol. The molecule has 7 heteroatoms. The van der Waals surface area contributed by atoms with Gasteiger partial charge in [-0.1, -0.05) is 6.92 Å². The zero-order valence-corrected chi connectivity index (χ0v) is 19.2. The van der Waals surface area contributed by atoms with Crippen molar-refractivity contribution in [3.8, 4) is 0 Å². The summed E-state index contributed by atoms with van der Waals surface area (Å²) in [5, 5.41) is 3.49. The van der Waals surface area contributed by atoms with Crippen LogP contribution in [0, 0.1) is 0 Å². The number of halogens is 1. The molecule has 2 aliphatic heterocycles. The zero-order chi connectivity index (χ0) is 17.3. The minimum atomic E-state index is 0. The van der Waals surface area contributed by atoms with E-state index in [1.54, 1.807) is 0 Å². The number of thioether (sulfide) groups is 1. The molecule has 0 aromatic rings. The molecule has 0 saturated carbocycles. The van der Waals surface area contributed by atoms with Crippen LogP contribution in [-0.2, 0) is 9.47 Å². The highest BCUT2D eigenvalue weighted by atomic mass is 127. The van der Waals surface area contributed by atoms with Gasteiger partial charge in [-0.3, -0.25) is 4.99 Å². The Labute approximate surface area is 175 Å².